The van der Waals surface area contributed by atoms with Gasteiger partial charge in [0.2, 0.25) is 0 Å². The fourth-order valence-electron chi connectivity index (χ4n) is 2.54. The minimum Gasteiger partial charge on any atom is -0.493 e. The number of hydrazone groups is 1. The SMILES string of the molecule is CCCOc1c(Cl)cc(/C=N\NC(=O)Cn2nnc3ccccc32)cc1OC. The Balaban J connectivity index is 1.65. The maximum absolute atomic E-state index is 12.1. The number of halogens is 1. The lowest BCUT2D eigenvalue weighted by Gasteiger charge is -2.12. The van der Waals surface area contributed by atoms with E-state index in [0.29, 0.717) is 28.7 Å². The van der Waals surface area contributed by atoms with E-state index in [1.807, 2.05) is 31.2 Å². The van der Waals surface area contributed by atoms with E-state index >= 15 is 0 Å². The molecule has 1 amide bonds. The molecule has 146 valence electrons. The highest BCUT2D eigenvalue weighted by Gasteiger charge is 2.11. The Bertz CT molecular complexity index is 1000. The molecule has 8 nitrogen and oxygen atoms in total. The lowest BCUT2D eigenvalue weighted by Crippen LogP contribution is -2.23. The molecule has 0 bridgehead atoms. The largest absolute Gasteiger partial charge is 0.493 e. The van der Waals surface area contributed by atoms with Crippen molar-refractivity contribution in [2.75, 3.05) is 13.7 Å². The van der Waals surface area contributed by atoms with Crippen LogP contribution in [0.25, 0.3) is 11.0 Å². The molecule has 9 heteroatoms. The molecule has 1 aromatic heterocycles. The second-order valence-electron chi connectivity index (χ2n) is 5.91. The normalized spacial score (nSPS) is 11.1. The van der Waals surface area contributed by atoms with Gasteiger partial charge in [-0.05, 0) is 36.2 Å². The van der Waals surface area contributed by atoms with E-state index in [9.17, 15) is 4.79 Å². The summed E-state index contributed by atoms with van der Waals surface area (Å²) in [6.07, 6.45) is 2.34. The average Bonchev–Trinajstić information content (AvgIpc) is 3.09. The van der Waals surface area contributed by atoms with Crippen molar-refractivity contribution in [3.8, 4) is 11.5 Å². The molecule has 0 aliphatic rings. The molecule has 0 atom stereocenters. The topological polar surface area (TPSA) is 90.6 Å². The first-order valence-electron chi connectivity index (χ1n) is 8.72. The standard InChI is InChI=1S/C19H20ClN5O3/c1-3-8-28-19-14(20)9-13(10-17(19)27-2)11-21-23-18(26)12-25-16-7-5-4-6-15(16)22-24-25/h4-7,9-11H,3,8,12H2,1-2H3,(H,23,26)/b21-11-. The van der Waals surface area contributed by atoms with E-state index in [1.165, 1.54) is 18.0 Å². The summed E-state index contributed by atoms with van der Waals surface area (Å²) in [7, 11) is 1.54. The van der Waals surface area contributed by atoms with Crippen molar-refractivity contribution in [2.24, 2.45) is 5.10 Å². The highest BCUT2D eigenvalue weighted by molar-refractivity contribution is 6.32. The number of benzene rings is 2. The third-order valence-electron chi connectivity index (χ3n) is 3.82. The van der Waals surface area contributed by atoms with E-state index in [-0.39, 0.29) is 12.5 Å². The summed E-state index contributed by atoms with van der Waals surface area (Å²) < 4.78 is 12.5. The van der Waals surface area contributed by atoms with Gasteiger partial charge < -0.3 is 9.47 Å². The number of hydrogen-bond acceptors (Lipinski definition) is 6. The second-order valence-corrected chi connectivity index (χ2v) is 6.32. The minimum absolute atomic E-state index is 0.00568. The van der Waals surface area contributed by atoms with Crippen molar-refractivity contribution in [3.63, 3.8) is 0 Å². The van der Waals surface area contributed by atoms with Crippen LogP contribution in [0.15, 0.2) is 41.5 Å². The Labute approximate surface area is 167 Å². The van der Waals surface area contributed by atoms with Crippen molar-refractivity contribution in [2.45, 2.75) is 19.9 Å². The van der Waals surface area contributed by atoms with Gasteiger partial charge >= 0.3 is 0 Å². The van der Waals surface area contributed by atoms with Gasteiger partial charge in [0.1, 0.15) is 12.1 Å². The summed E-state index contributed by atoms with van der Waals surface area (Å²) in [5.41, 5.74) is 4.64. The molecule has 3 aromatic rings. The number of nitrogens with one attached hydrogen (secondary N) is 1. The van der Waals surface area contributed by atoms with Crippen LogP contribution in [-0.4, -0.2) is 40.8 Å². The summed E-state index contributed by atoms with van der Waals surface area (Å²) in [5.74, 6) is 0.668. The summed E-state index contributed by atoms with van der Waals surface area (Å²) in [4.78, 5) is 12.1. The molecule has 0 aliphatic heterocycles. The van der Waals surface area contributed by atoms with Crippen molar-refractivity contribution in [1.29, 1.82) is 0 Å². The van der Waals surface area contributed by atoms with Crippen LogP contribution in [0.4, 0.5) is 0 Å². The number of carbonyl (C=O) groups is 1. The van der Waals surface area contributed by atoms with Gasteiger partial charge in [-0.15, -0.1) is 5.10 Å². The highest BCUT2D eigenvalue weighted by Crippen LogP contribution is 2.36. The fourth-order valence-corrected chi connectivity index (χ4v) is 2.82. The fraction of sp³-hybridized carbons (Fsp3) is 0.263. The minimum atomic E-state index is -0.326. The smallest absolute Gasteiger partial charge is 0.261 e. The Morgan fingerprint density at radius 1 is 1.36 bits per heavy atom. The van der Waals surface area contributed by atoms with E-state index < -0.39 is 0 Å². The zero-order valence-corrected chi connectivity index (χ0v) is 16.3. The predicted molar refractivity (Wildman–Crippen MR) is 107 cm³/mol. The molecule has 0 radical (unpaired) electrons. The number of nitrogens with zero attached hydrogens (tertiary/aromatic N) is 4. The molecule has 1 heterocycles. The Morgan fingerprint density at radius 2 is 2.18 bits per heavy atom. The number of carbonyl (C=O) groups excluding carboxylic acids is 1. The monoisotopic (exact) mass is 401 g/mol. The van der Waals surface area contributed by atoms with Crippen LogP contribution in [0.5, 0.6) is 11.5 Å². The lowest BCUT2D eigenvalue weighted by molar-refractivity contribution is -0.121. The number of rotatable bonds is 8. The van der Waals surface area contributed by atoms with Gasteiger partial charge in [0.25, 0.3) is 5.91 Å². The first-order valence-corrected chi connectivity index (χ1v) is 9.10. The summed E-state index contributed by atoms with van der Waals surface area (Å²) in [5, 5.41) is 12.4. The Kier molecular flexibility index (Phi) is 6.44. The molecule has 2 aromatic carbocycles. The third kappa shape index (κ3) is 4.58. The molecule has 0 spiro atoms. The van der Waals surface area contributed by atoms with Gasteiger partial charge in [-0.3, -0.25) is 4.79 Å². The quantitative estimate of drug-likeness (QED) is 0.462. The van der Waals surface area contributed by atoms with Gasteiger partial charge in [-0.25, -0.2) is 10.1 Å². The van der Waals surface area contributed by atoms with Crippen molar-refractivity contribution in [3.05, 3.63) is 47.0 Å². The first-order chi connectivity index (χ1) is 13.6. The number of ether oxygens (including phenoxy) is 2. The van der Waals surface area contributed by atoms with Gasteiger partial charge in [-0.1, -0.05) is 35.9 Å². The molecule has 1 N–H and O–H groups in total. The number of para-hydroxylation sites is 1. The number of aromatic nitrogens is 3. The van der Waals surface area contributed by atoms with Crippen LogP contribution in [0.1, 0.15) is 18.9 Å². The molecule has 28 heavy (non-hydrogen) atoms. The molecule has 0 saturated heterocycles. The van der Waals surface area contributed by atoms with Crippen molar-refractivity contribution < 1.29 is 14.3 Å². The van der Waals surface area contributed by atoms with Gasteiger partial charge in [0.05, 0.1) is 30.5 Å². The predicted octanol–water partition coefficient (Wildman–Crippen LogP) is 3.03. The Morgan fingerprint density at radius 3 is 2.96 bits per heavy atom. The lowest BCUT2D eigenvalue weighted by atomic mass is 10.2. The summed E-state index contributed by atoms with van der Waals surface area (Å²) in [6, 6.07) is 10.8. The van der Waals surface area contributed by atoms with Gasteiger partial charge in [0, 0.05) is 0 Å². The number of methoxy groups -OCH3 is 1. The van der Waals surface area contributed by atoms with E-state index in [2.05, 4.69) is 20.8 Å². The van der Waals surface area contributed by atoms with Crippen LogP contribution in [0.3, 0.4) is 0 Å². The summed E-state index contributed by atoms with van der Waals surface area (Å²) >= 11 is 6.27. The number of amides is 1. The molecule has 0 saturated carbocycles. The molecular weight excluding hydrogens is 382 g/mol. The number of hydrogen-bond donors (Lipinski definition) is 1. The molecule has 0 unspecified atom stereocenters. The van der Waals surface area contributed by atoms with Crippen molar-refractivity contribution >= 4 is 34.8 Å². The molecular formula is C19H20ClN5O3. The van der Waals surface area contributed by atoms with Crippen molar-refractivity contribution in [1.82, 2.24) is 20.4 Å². The number of fused-ring (bicyclic) bond motifs is 1. The van der Waals surface area contributed by atoms with E-state index in [4.69, 9.17) is 21.1 Å². The van der Waals surface area contributed by atoms with Crippen LogP contribution in [0, 0.1) is 0 Å². The van der Waals surface area contributed by atoms with Gasteiger partial charge in [-0.2, -0.15) is 5.10 Å². The molecule has 0 aliphatic carbocycles. The highest BCUT2D eigenvalue weighted by atomic mass is 35.5. The van der Waals surface area contributed by atoms with Crippen LogP contribution < -0.4 is 14.9 Å². The van der Waals surface area contributed by atoms with Crippen LogP contribution >= 0.6 is 11.6 Å². The maximum atomic E-state index is 12.1. The Hall–Kier alpha value is -3.13. The van der Waals surface area contributed by atoms with Crippen LogP contribution in [-0.2, 0) is 11.3 Å². The molecule has 0 fully saturated rings. The third-order valence-corrected chi connectivity index (χ3v) is 4.10. The van der Waals surface area contributed by atoms with E-state index in [0.717, 1.165) is 17.5 Å². The second kappa shape index (κ2) is 9.18. The molecule has 3 rings (SSSR count). The first kappa shape index (κ1) is 19.6. The zero-order chi connectivity index (χ0) is 19.9. The maximum Gasteiger partial charge on any atom is 0.261 e. The zero-order valence-electron chi connectivity index (χ0n) is 15.6. The average molecular weight is 402 g/mol. The van der Waals surface area contributed by atoms with Gasteiger partial charge in [0.15, 0.2) is 11.5 Å². The van der Waals surface area contributed by atoms with E-state index in [1.54, 1.807) is 12.1 Å². The summed E-state index contributed by atoms with van der Waals surface area (Å²) in [6.45, 7) is 2.55. The van der Waals surface area contributed by atoms with Crippen LogP contribution in [0.2, 0.25) is 5.02 Å².